The molecule has 352 valence electrons. The van der Waals surface area contributed by atoms with Gasteiger partial charge in [0.15, 0.2) is 0 Å². The van der Waals surface area contributed by atoms with Crippen LogP contribution < -0.4 is 20.9 Å². The maximum atomic E-state index is 14.3. The number of unbranched alkanes of at least 4 members (excludes halogenated alkanes) is 1. The monoisotopic (exact) mass is 897 g/mol. The number of carbonyl (C=O) groups is 5. The van der Waals surface area contributed by atoms with Gasteiger partial charge >= 0.3 is 12.2 Å². The van der Waals surface area contributed by atoms with E-state index >= 15 is 0 Å². The lowest BCUT2D eigenvalue weighted by Crippen LogP contribution is -2.57. The largest absolute Gasteiger partial charge is 0.453 e. The lowest BCUT2D eigenvalue weighted by Gasteiger charge is -2.35. The smallest absolute Gasteiger partial charge is 0.407 e. The minimum Gasteiger partial charge on any atom is -0.453 e. The van der Waals surface area contributed by atoms with Crippen LogP contribution in [0.2, 0.25) is 0 Å². The van der Waals surface area contributed by atoms with E-state index in [-0.39, 0.29) is 41.7 Å². The first-order valence-electron chi connectivity index (χ1n) is 23.2. The highest BCUT2D eigenvalue weighted by molar-refractivity contribution is 5.99. The van der Waals surface area contributed by atoms with E-state index in [4.69, 9.17) is 9.47 Å². The highest BCUT2D eigenvalue weighted by Crippen LogP contribution is 2.47. The molecule has 0 spiro atoms. The fourth-order valence-corrected chi connectivity index (χ4v) is 9.86. The second-order valence-corrected chi connectivity index (χ2v) is 20.0. The lowest BCUT2D eigenvalue weighted by molar-refractivity contribution is -0.140. The van der Waals surface area contributed by atoms with Crippen LogP contribution in [0, 0.1) is 16.6 Å². The number of benzene rings is 3. The Morgan fingerprint density at radius 3 is 1.85 bits per heavy atom. The van der Waals surface area contributed by atoms with E-state index < -0.39 is 41.1 Å². The maximum Gasteiger partial charge on any atom is 0.407 e. The molecule has 65 heavy (non-hydrogen) atoms. The molecule has 0 aliphatic carbocycles. The topological polar surface area (TPSA) is 150 Å². The number of ether oxygens (including phenoxy) is 2. The molecule has 3 aromatic rings. The molecule has 5 amide bonds. The van der Waals surface area contributed by atoms with Gasteiger partial charge in [-0.2, -0.15) is 0 Å². The predicted molar refractivity (Wildman–Crippen MR) is 250 cm³/mol. The Morgan fingerprint density at radius 2 is 1.25 bits per heavy atom. The summed E-state index contributed by atoms with van der Waals surface area (Å²) in [5, 5.41) is 8.54. The summed E-state index contributed by atoms with van der Waals surface area (Å²) in [6, 6.07) is 21.0. The van der Waals surface area contributed by atoms with Crippen molar-refractivity contribution in [3.63, 3.8) is 0 Å². The first kappa shape index (κ1) is 48.8. The predicted octanol–water partition coefficient (Wildman–Crippen LogP) is 9.08. The quantitative estimate of drug-likeness (QED) is 0.136. The second kappa shape index (κ2) is 21.1. The minimum absolute atomic E-state index is 0.0171. The van der Waals surface area contributed by atoms with Gasteiger partial charge in [-0.3, -0.25) is 14.4 Å². The molecule has 0 bridgehead atoms. The van der Waals surface area contributed by atoms with Crippen LogP contribution in [0.4, 0.5) is 25.4 Å². The molecule has 13 nitrogen and oxygen atoms in total. The van der Waals surface area contributed by atoms with Gasteiger partial charge in [-0.15, -0.1) is 0 Å². The number of aryl methyl sites for hydroxylation is 1. The summed E-state index contributed by atoms with van der Waals surface area (Å²) in [5.41, 5.74) is 3.86. The number of likely N-dealkylation sites (tertiary alicyclic amines) is 2. The molecule has 6 unspecified atom stereocenters. The molecule has 3 fully saturated rings. The van der Waals surface area contributed by atoms with Gasteiger partial charge < -0.3 is 40.1 Å². The summed E-state index contributed by atoms with van der Waals surface area (Å²) in [7, 11) is 2.56. The summed E-state index contributed by atoms with van der Waals surface area (Å²) >= 11 is 0. The average molecular weight is 897 g/mol. The fourth-order valence-electron chi connectivity index (χ4n) is 9.86. The summed E-state index contributed by atoms with van der Waals surface area (Å²) in [4.78, 5) is 71.7. The molecule has 3 heterocycles. The van der Waals surface area contributed by atoms with E-state index in [1.165, 1.54) is 37.5 Å². The molecule has 6 atom stereocenters. The molecule has 3 saturated heterocycles. The van der Waals surface area contributed by atoms with Crippen molar-refractivity contribution < 1.29 is 37.8 Å². The summed E-state index contributed by atoms with van der Waals surface area (Å²) < 4.78 is 23.9. The molecular weight excluding hydrogens is 828 g/mol. The number of amides is 5. The Morgan fingerprint density at radius 1 is 0.692 bits per heavy atom. The molecule has 6 rings (SSSR count). The van der Waals surface area contributed by atoms with Gasteiger partial charge in [0.2, 0.25) is 17.7 Å². The minimum atomic E-state index is -0.876. The van der Waals surface area contributed by atoms with E-state index in [0.29, 0.717) is 31.6 Å². The maximum absolute atomic E-state index is 14.3. The average Bonchev–Trinajstić information content (AvgIpc) is 4.06. The highest BCUT2D eigenvalue weighted by atomic mass is 19.1. The van der Waals surface area contributed by atoms with Gasteiger partial charge in [-0.25, -0.2) is 14.0 Å². The fraction of sp³-hybridized carbons (Fsp3) is 0.549. The Kier molecular flexibility index (Phi) is 15.8. The van der Waals surface area contributed by atoms with Crippen LogP contribution in [0.25, 0.3) is 0 Å². The molecule has 3 aliphatic heterocycles. The molecule has 0 saturated carbocycles. The SMILES string of the molecule is COC(=O)NC(C(=O)N1CCCC1CCCCc1cccc(C2CCC(c3cccc(NC(=O)C4CCCN4C(=O)C(NC(=O)OC)C(C)(C)C)c3)N2c2ccc(F)cc2)c1)C(C)(C)C. The van der Waals surface area contributed by atoms with Gasteiger partial charge in [0, 0.05) is 30.5 Å². The lowest BCUT2D eigenvalue weighted by atomic mass is 9.85. The van der Waals surface area contributed by atoms with Gasteiger partial charge in [0.1, 0.15) is 23.9 Å². The Labute approximate surface area is 384 Å². The first-order valence-corrected chi connectivity index (χ1v) is 23.2. The normalized spacial score (nSPS) is 20.8. The number of hydrogen-bond acceptors (Lipinski definition) is 8. The van der Waals surface area contributed by atoms with E-state index in [0.717, 1.165) is 62.6 Å². The molecule has 0 radical (unpaired) electrons. The number of methoxy groups -OCH3 is 2. The van der Waals surface area contributed by atoms with Crippen molar-refractivity contribution >= 4 is 41.3 Å². The van der Waals surface area contributed by atoms with Crippen molar-refractivity contribution in [2.24, 2.45) is 10.8 Å². The number of alkyl carbamates (subject to hydrolysis) is 2. The van der Waals surface area contributed by atoms with Crippen molar-refractivity contribution in [3.8, 4) is 0 Å². The molecule has 0 aromatic heterocycles. The molecule has 14 heteroatoms. The third kappa shape index (κ3) is 12.0. The second-order valence-electron chi connectivity index (χ2n) is 20.0. The number of rotatable bonds is 14. The van der Waals surface area contributed by atoms with Crippen molar-refractivity contribution in [2.45, 2.75) is 142 Å². The van der Waals surface area contributed by atoms with Crippen LogP contribution in [0.5, 0.6) is 0 Å². The van der Waals surface area contributed by atoms with E-state index in [1.54, 1.807) is 4.90 Å². The standard InChI is InChI=1S/C51H69FN6O7/c1-50(2,3)43(54-48(62)64-7)46(60)56-29-13-21-38(56)20-10-9-15-33-16-11-17-34(31-33)40-27-28-41(58(40)39-25-23-36(52)24-26-39)35-18-12-19-37(32-35)53-45(59)42-22-14-30-57(42)47(61)44(51(4,5)6)55-49(63)65-8/h11-12,16-19,23-26,31-32,38,40-44H,9-10,13-15,20-22,27-30H2,1-8H3,(H,53,59)(H,54,62)(H,55,63). The Balaban J connectivity index is 1.13. The number of carbonyl (C=O) groups excluding carboxylic acids is 5. The van der Waals surface area contributed by atoms with Gasteiger partial charge in [0.05, 0.1) is 26.3 Å². The zero-order chi connectivity index (χ0) is 47.1. The molecule has 3 N–H and O–H groups in total. The Hall–Kier alpha value is -5.66. The van der Waals surface area contributed by atoms with Crippen molar-refractivity contribution in [2.75, 3.05) is 37.5 Å². The zero-order valence-electron chi connectivity index (χ0n) is 39.5. The van der Waals surface area contributed by atoms with Crippen LogP contribution in [-0.4, -0.2) is 91.2 Å². The zero-order valence-corrected chi connectivity index (χ0v) is 39.5. The third-order valence-electron chi connectivity index (χ3n) is 13.3. The van der Waals surface area contributed by atoms with E-state index in [1.807, 2.05) is 76.8 Å². The van der Waals surface area contributed by atoms with Crippen molar-refractivity contribution in [1.29, 1.82) is 0 Å². The third-order valence-corrected chi connectivity index (χ3v) is 13.3. The highest BCUT2D eigenvalue weighted by Gasteiger charge is 2.43. The number of halogens is 1. The van der Waals surface area contributed by atoms with E-state index in [9.17, 15) is 28.4 Å². The summed E-state index contributed by atoms with van der Waals surface area (Å²) in [6.07, 6.45) is 7.15. The van der Waals surface area contributed by atoms with E-state index in [2.05, 4.69) is 51.2 Å². The number of nitrogens with one attached hydrogen (secondary N) is 3. The van der Waals surface area contributed by atoms with Gasteiger partial charge in [-0.1, -0.05) is 84.4 Å². The molecule has 3 aromatic carbocycles. The number of anilines is 2. The first-order chi connectivity index (χ1) is 30.9. The van der Waals surface area contributed by atoms with Crippen LogP contribution in [0.1, 0.15) is 128 Å². The molecular formula is C51H69FN6O7. The summed E-state index contributed by atoms with van der Waals surface area (Å²) in [5.74, 6) is -0.970. The molecule has 3 aliphatic rings. The Bertz CT molecular complexity index is 2150. The number of nitrogens with zero attached hydrogens (tertiary/aromatic N) is 3. The van der Waals surface area contributed by atoms with Crippen LogP contribution >= 0.6 is 0 Å². The van der Waals surface area contributed by atoms with Crippen LogP contribution in [-0.2, 0) is 30.3 Å². The van der Waals surface area contributed by atoms with Crippen molar-refractivity contribution in [1.82, 2.24) is 20.4 Å². The van der Waals surface area contributed by atoms with Gasteiger partial charge in [-0.05, 0) is 122 Å². The van der Waals surface area contributed by atoms with Gasteiger partial charge in [0.25, 0.3) is 0 Å². The van der Waals surface area contributed by atoms with Crippen LogP contribution in [0.15, 0.2) is 72.8 Å². The number of hydrogen-bond donors (Lipinski definition) is 3. The summed E-state index contributed by atoms with van der Waals surface area (Å²) in [6.45, 7) is 12.5. The van der Waals surface area contributed by atoms with Crippen molar-refractivity contribution in [3.05, 3.63) is 95.3 Å². The van der Waals surface area contributed by atoms with Crippen LogP contribution in [0.3, 0.4) is 0 Å².